The molecule has 104 valence electrons. The van der Waals surface area contributed by atoms with E-state index < -0.39 is 0 Å². The van der Waals surface area contributed by atoms with Gasteiger partial charge in [-0.2, -0.15) is 10.1 Å². The van der Waals surface area contributed by atoms with Crippen molar-refractivity contribution in [1.82, 2.24) is 29.0 Å². The molecule has 4 rings (SSSR count). The van der Waals surface area contributed by atoms with Gasteiger partial charge in [0.1, 0.15) is 11.3 Å². The Morgan fingerprint density at radius 2 is 2.10 bits per heavy atom. The monoisotopic (exact) mass is 280 g/mol. The van der Waals surface area contributed by atoms with E-state index in [0.717, 1.165) is 16.6 Å². The van der Waals surface area contributed by atoms with Crippen LogP contribution >= 0.6 is 0 Å². The molecule has 0 radical (unpaired) electrons. The van der Waals surface area contributed by atoms with Crippen molar-refractivity contribution in [3.8, 4) is 17.0 Å². The van der Waals surface area contributed by atoms with Gasteiger partial charge < -0.3 is 4.74 Å². The van der Waals surface area contributed by atoms with Gasteiger partial charge in [-0.1, -0.05) is 0 Å². The Hall–Kier alpha value is -2.96. The summed E-state index contributed by atoms with van der Waals surface area (Å²) in [7, 11) is 1.61. The average molecular weight is 280 g/mol. The van der Waals surface area contributed by atoms with E-state index in [2.05, 4.69) is 20.1 Å². The lowest BCUT2D eigenvalue weighted by Gasteiger charge is -2.06. The second kappa shape index (κ2) is 4.27. The van der Waals surface area contributed by atoms with Crippen LogP contribution in [0.2, 0.25) is 0 Å². The van der Waals surface area contributed by atoms with Gasteiger partial charge in [0.2, 0.25) is 11.7 Å². The average Bonchev–Trinajstić information content (AvgIpc) is 3.11. The van der Waals surface area contributed by atoms with Crippen LogP contribution in [0.1, 0.15) is 5.82 Å². The molecule has 0 aromatic carbocycles. The zero-order chi connectivity index (χ0) is 14.4. The van der Waals surface area contributed by atoms with E-state index in [0.29, 0.717) is 17.5 Å². The Bertz CT molecular complexity index is 955. The highest BCUT2D eigenvalue weighted by molar-refractivity contribution is 5.83. The van der Waals surface area contributed by atoms with Gasteiger partial charge in [0.15, 0.2) is 0 Å². The molecule has 0 aliphatic carbocycles. The normalized spacial score (nSPS) is 11.3. The number of methoxy groups -OCH3 is 1. The maximum Gasteiger partial charge on any atom is 0.242 e. The van der Waals surface area contributed by atoms with Crippen molar-refractivity contribution in [3.63, 3.8) is 0 Å². The van der Waals surface area contributed by atoms with Crippen LogP contribution in [-0.2, 0) is 0 Å². The maximum atomic E-state index is 5.39. The first-order valence-electron chi connectivity index (χ1n) is 6.45. The highest BCUT2D eigenvalue weighted by atomic mass is 16.5. The predicted octanol–water partition coefficient (Wildman–Crippen LogP) is 1.76. The third-order valence-electron chi connectivity index (χ3n) is 3.33. The van der Waals surface area contributed by atoms with Crippen LogP contribution in [0.15, 0.2) is 37.1 Å². The molecule has 0 N–H and O–H groups in total. The Morgan fingerprint density at radius 3 is 2.95 bits per heavy atom. The van der Waals surface area contributed by atoms with Crippen molar-refractivity contribution in [2.24, 2.45) is 0 Å². The van der Waals surface area contributed by atoms with Crippen LogP contribution in [-0.4, -0.2) is 36.1 Å². The molecule has 7 nitrogen and oxygen atoms in total. The molecule has 0 saturated heterocycles. The third kappa shape index (κ3) is 1.74. The van der Waals surface area contributed by atoms with Gasteiger partial charge in [-0.05, 0) is 13.0 Å². The molecular weight excluding hydrogens is 268 g/mol. The quantitative estimate of drug-likeness (QED) is 0.559. The standard InChI is InChI=1S/C14H12N6O/c1-9-17-13(21-2)12-11(3-5-20(12)18-9)10-7-16-14-15-4-6-19(14)8-10/h3-8H,1-2H3. The van der Waals surface area contributed by atoms with E-state index in [1.165, 1.54) is 0 Å². The number of hydrogen-bond donors (Lipinski definition) is 0. The van der Waals surface area contributed by atoms with E-state index in [4.69, 9.17) is 4.74 Å². The van der Waals surface area contributed by atoms with Crippen LogP contribution in [0.3, 0.4) is 0 Å². The molecule has 21 heavy (non-hydrogen) atoms. The van der Waals surface area contributed by atoms with Crippen LogP contribution < -0.4 is 4.74 Å². The molecule has 0 unspecified atom stereocenters. The number of ether oxygens (including phenoxy) is 1. The predicted molar refractivity (Wildman–Crippen MR) is 76.3 cm³/mol. The number of imidazole rings is 1. The van der Waals surface area contributed by atoms with Gasteiger partial charge in [0.05, 0.1) is 7.11 Å². The fourth-order valence-corrected chi connectivity index (χ4v) is 2.43. The Morgan fingerprint density at radius 1 is 1.19 bits per heavy atom. The Kier molecular flexibility index (Phi) is 2.41. The molecule has 4 aromatic rings. The second-order valence-electron chi connectivity index (χ2n) is 4.67. The first-order chi connectivity index (χ1) is 10.3. The van der Waals surface area contributed by atoms with Gasteiger partial charge in [-0.15, -0.1) is 0 Å². The Balaban J connectivity index is 2.01. The van der Waals surface area contributed by atoms with Crippen LogP contribution in [0.5, 0.6) is 5.88 Å². The van der Waals surface area contributed by atoms with Crippen LogP contribution in [0.25, 0.3) is 22.4 Å². The molecule has 0 aliphatic rings. The summed E-state index contributed by atoms with van der Waals surface area (Å²) in [5.41, 5.74) is 2.74. The topological polar surface area (TPSA) is 69.6 Å². The SMILES string of the molecule is COc1nc(C)nn2ccc(-c3cnc4nccn4c3)c12. The summed E-state index contributed by atoms with van der Waals surface area (Å²) in [6, 6.07) is 1.98. The summed E-state index contributed by atoms with van der Waals surface area (Å²) in [4.78, 5) is 12.8. The molecule has 0 saturated carbocycles. The summed E-state index contributed by atoms with van der Waals surface area (Å²) in [5, 5.41) is 4.37. The minimum absolute atomic E-state index is 0.549. The van der Waals surface area contributed by atoms with Gasteiger partial charge in [0.25, 0.3) is 0 Å². The summed E-state index contributed by atoms with van der Waals surface area (Å²) in [6.45, 7) is 1.83. The minimum Gasteiger partial charge on any atom is -0.479 e. The second-order valence-corrected chi connectivity index (χ2v) is 4.67. The lowest BCUT2D eigenvalue weighted by Crippen LogP contribution is -2.01. The Labute approximate surface area is 119 Å². The molecule has 4 aromatic heterocycles. The summed E-state index contributed by atoms with van der Waals surface area (Å²) in [6.07, 6.45) is 9.24. The van der Waals surface area contributed by atoms with E-state index in [1.54, 1.807) is 24.0 Å². The van der Waals surface area contributed by atoms with E-state index >= 15 is 0 Å². The number of fused-ring (bicyclic) bond motifs is 2. The minimum atomic E-state index is 0.549. The van der Waals surface area contributed by atoms with Crippen LogP contribution in [0, 0.1) is 6.92 Å². The van der Waals surface area contributed by atoms with Crippen LogP contribution in [0.4, 0.5) is 0 Å². The fourth-order valence-electron chi connectivity index (χ4n) is 2.43. The molecule has 4 heterocycles. The van der Waals surface area contributed by atoms with E-state index in [9.17, 15) is 0 Å². The zero-order valence-electron chi connectivity index (χ0n) is 11.6. The first kappa shape index (κ1) is 11.8. The van der Waals surface area contributed by atoms with E-state index in [1.807, 2.05) is 36.0 Å². The maximum absolute atomic E-state index is 5.39. The summed E-state index contributed by atoms with van der Waals surface area (Å²) >= 11 is 0. The van der Waals surface area contributed by atoms with Crippen molar-refractivity contribution in [2.45, 2.75) is 6.92 Å². The van der Waals surface area contributed by atoms with Gasteiger partial charge in [-0.25, -0.2) is 14.5 Å². The fraction of sp³-hybridized carbons (Fsp3) is 0.143. The highest BCUT2D eigenvalue weighted by Gasteiger charge is 2.14. The zero-order valence-corrected chi connectivity index (χ0v) is 11.6. The van der Waals surface area contributed by atoms with Crippen molar-refractivity contribution < 1.29 is 4.74 Å². The van der Waals surface area contributed by atoms with Gasteiger partial charge in [-0.3, -0.25) is 4.40 Å². The molecule has 0 spiro atoms. The van der Waals surface area contributed by atoms with Crippen molar-refractivity contribution >= 4 is 11.3 Å². The molecule has 0 fully saturated rings. The molecular formula is C14H12N6O. The molecule has 0 bridgehead atoms. The van der Waals surface area contributed by atoms with Crippen molar-refractivity contribution in [2.75, 3.05) is 7.11 Å². The summed E-state index contributed by atoms with van der Waals surface area (Å²) < 4.78 is 9.04. The molecule has 0 atom stereocenters. The third-order valence-corrected chi connectivity index (χ3v) is 3.33. The van der Waals surface area contributed by atoms with Gasteiger partial charge in [0, 0.05) is 42.1 Å². The first-order valence-corrected chi connectivity index (χ1v) is 6.45. The van der Waals surface area contributed by atoms with Crippen molar-refractivity contribution in [1.29, 1.82) is 0 Å². The number of rotatable bonds is 2. The van der Waals surface area contributed by atoms with E-state index in [-0.39, 0.29) is 0 Å². The number of aromatic nitrogens is 6. The largest absolute Gasteiger partial charge is 0.479 e. The molecule has 0 aliphatic heterocycles. The molecule has 7 heteroatoms. The number of nitrogens with zero attached hydrogens (tertiary/aromatic N) is 6. The molecule has 0 amide bonds. The van der Waals surface area contributed by atoms with Crippen molar-refractivity contribution in [3.05, 3.63) is 42.9 Å². The summed E-state index contributed by atoms with van der Waals surface area (Å²) in [5.74, 6) is 1.87. The lowest BCUT2D eigenvalue weighted by atomic mass is 10.1. The number of hydrogen-bond acceptors (Lipinski definition) is 5. The van der Waals surface area contributed by atoms with Gasteiger partial charge >= 0.3 is 0 Å². The highest BCUT2D eigenvalue weighted by Crippen LogP contribution is 2.30. The smallest absolute Gasteiger partial charge is 0.242 e. The number of aryl methyl sites for hydroxylation is 1. The lowest BCUT2D eigenvalue weighted by molar-refractivity contribution is 0.397.